The van der Waals surface area contributed by atoms with E-state index in [2.05, 4.69) is 5.32 Å². The molecular weight excluding hydrogens is 310 g/mol. The molecule has 0 saturated carbocycles. The van der Waals surface area contributed by atoms with E-state index >= 15 is 0 Å². The number of halogens is 1. The zero-order chi connectivity index (χ0) is 15.2. The van der Waals surface area contributed by atoms with Crippen molar-refractivity contribution in [3.05, 3.63) is 28.8 Å². The highest BCUT2D eigenvalue weighted by Gasteiger charge is 2.48. The lowest BCUT2D eigenvalue weighted by Crippen LogP contribution is -2.42. The molecule has 1 aromatic carbocycles. The van der Waals surface area contributed by atoms with Crippen LogP contribution in [0.3, 0.4) is 0 Å². The van der Waals surface area contributed by atoms with Crippen molar-refractivity contribution in [1.82, 2.24) is 9.62 Å². The maximum absolute atomic E-state index is 13.0. The highest BCUT2D eigenvalue weighted by molar-refractivity contribution is 7.89. The van der Waals surface area contributed by atoms with Gasteiger partial charge >= 0.3 is 0 Å². The van der Waals surface area contributed by atoms with Crippen LogP contribution in [0.15, 0.2) is 23.1 Å². The molecule has 0 bridgehead atoms. The van der Waals surface area contributed by atoms with Crippen molar-refractivity contribution in [2.45, 2.75) is 30.3 Å². The van der Waals surface area contributed by atoms with Crippen LogP contribution in [0.25, 0.3) is 0 Å². The molecule has 112 valence electrons. The van der Waals surface area contributed by atoms with Crippen LogP contribution < -0.4 is 5.32 Å². The summed E-state index contributed by atoms with van der Waals surface area (Å²) < 4.78 is 27.5. The van der Waals surface area contributed by atoms with Crippen LogP contribution in [0.2, 0.25) is 5.02 Å². The fraction of sp³-hybridized carbons (Fsp3) is 0.500. The van der Waals surface area contributed by atoms with Crippen molar-refractivity contribution >= 4 is 21.6 Å². The zero-order valence-electron chi connectivity index (χ0n) is 11.6. The number of hydrogen-bond acceptors (Lipinski definition) is 4. The Bertz CT molecular complexity index is 713. The Balaban J connectivity index is 2.07. The minimum absolute atomic E-state index is 0.0215. The Morgan fingerprint density at radius 1 is 1.43 bits per heavy atom. The predicted octanol–water partition coefficient (Wildman–Crippen LogP) is 1.58. The first kappa shape index (κ1) is 14.8. The Hall–Kier alpha value is -1.13. The number of sulfonamides is 1. The van der Waals surface area contributed by atoms with Crippen molar-refractivity contribution in [3.8, 4) is 6.07 Å². The number of nitrogens with zero attached hydrogens (tertiary/aromatic N) is 2. The lowest BCUT2D eigenvalue weighted by atomic mass is 10.0. The lowest BCUT2D eigenvalue weighted by Gasteiger charge is -2.27. The summed E-state index contributed by atoms with van der Waals surface area (Å²) >= 11 is 6.08. The standard InChI is InChI=1S/C14H16ClN3O2S/c1-9-4-11-7-17-8-13(11)18(9)21(19,20)14-5-10(6-16)2-3-12(14)15/h2-3,5,9,11,13,17H,4,7-8H2,1H3. The molecule has 21 heavy (non-hydrogen) atoms. The van der Waals surface area contributed by atoms with Crippen molar-refractivity contribution in [1.29, 1.82) is 5.26 Å². The van der Waals surface area contributed by atoms with Gasteiger partial charge in [-0.05, 0) is 44.0 Å². The maximum atomic E-state index is 13.0. The van der Waals surface area contributed by atoms with Gasteiger partial charge in [0.05, 0.1) is 16.7 Å². The summed E-state index contributed by atoms with van der Waals surface area (Å²) in [5.74, 6) is 0.354. The molecule has 0 amide bonds. The van der Waals surface area contributed by atoms with Gasteiger partial charge in [-0.2, -0.15) is 9.57 Å². The molecule has 0 spiro atoms. The largest absolute Gasteiger partial charge is 0.315 e. The average molecular weight is 326 g/mol. The summed E-state index contributed by atoms with van der Waals surface area (Å²) in [5.41, 5.74) is 0.297. The van der Waals surface area contributed by atoms with Gasteiger partial charge in [-0.1, -0.05) is 11.6 Å². The normalized spacial score (nSPS) is 29.3. The second kappa shape index (κ2) is 5.25. The van der Waals surface area contributed by atoms with E-state index in [0.29, 0.717) is 18.0 Å². The monoisotopic (exact) mass is 325 g/mol. The fourth-order valence-electron chi connectivity index (χ4n) is 3.43. The highest BCUT2D eigenvalue weighted by Crippen LogP contribution is 2.38. The number of nitrogens with one attached hydrogen (secondary N) is 1. The number of rotatable bonds is 2. The molecule has 0 aliphatic carbocycles. The SMILES string of the molecule is CC1CC2CNCC2N1S(=O)(=O)c1cc(C#N)ccc1Cl. The third kappa shape index (κ3) is 2.34. The zero-order valence-corrected chi connectivity index (χ0v) is 13.2. The van der Waals surface area contributed by atoms with E-state index in [1.807, 2.05) is 13.0 Å². The van der Waals surface area contributed by atoms with Gasteiger partial charge in [-0.15, -0.1) is 0 Å². The Labute approximate surface area is 129 Å². The summed E-state index contributed by atoms with van der Waals surface area (Å²) in [6, 6.07) is 6.25. The second-order valence-corrected chi connectivity index (χ2v) is 7.88. The van der Waals surface area contributed by atoms with E-state index in [4.69, 9.17) is 16.9 Å². The molecule has 7 heteroatoms. The van der Waals surface area contributed by atoms with E-state index < -0.39 is 10.0 Å². The van der Waals surface area contributed by atoms with E-state index in [0.717, 1.165) is 13.0 Å². The molecule has 0 radical (unpaired) electrons. The van der Waals surface area contributed by atoms with Crippen molar-refractivity contribution in [2.75, 3.05) is 13.1 Å². The van der Waals surface area contributed by atoms with Gasteiger partial charge in [-0.25, -0.2) is 8.42 Å². The molecule has 2 aliphatic rings. The molecule has 1 aromatic rings. The van der Waals surface area contributed by atoms with Crippen LogP contribution in [0.1, 0.15) is 18.9 Å². The summed E-state index contributed by atoms with van der Waals surface area (Å²) in [6.45, 7) is 3.45. The number of fused-ring (bicyclic) bond motifs is 1. The smallest absolute Gasteiger partial charge is 0.245 e. The third-order valence-electron chi connectivity index (χ3n) is 4.33. The summed E-state index contributed by atoms with van der Waals surface area (Å²) in [5, 5.41) is 12.4. The fourth-order valence-corrected chi connectivity index (χ4v) is 5.82. The Morgan fingerprint density at radius 2 is 2.19 bits per heavy atom. The topological polar surface area (TPSA) is 73.2 Å². The van der Waals surface area contributed by atoms with Crippen molar-refractivity contribution < 1.29 is 8.42 Å². The highest BCUT2D eigenvalue weighted by atomic mass is 35.5. The van der Waals surface area contributed by atoms with Gasteiger partial charge in [0, 0.05) is 18.6 Å². The van der Waals surface area contributed by atoms with E-state index in [1.165, 1.54) is 18.2 Å². The number of hydrogen-bond donors (Lipinski definition) is 1. The quantitative estimate of drug-likeness (QED) is 0.896. The molecule has 3 rings (SSSR count). The molecule has 5 nitrogen and oxygen atoms in total. The van der Waals surface area contributed by atoms with Crippen LogP contribution in [0, 0.1) is 17.2 Å². The summed E-state index contributed by atoms with van der Waals surface area (Å²) in [6.07, 6.45) is 0.854. The molecule has 2 saturated heterocycles. The van der Waals surface area contributed by atoms with Crippen LogP contribution >= 0.6 is 11.6 Å². The van der Waals surface area contributed by atoms with Crippen molar-refractivity contribution in [2.24, 2.45) is 5.92 Å². The molecule has 2 aliphatic heterocycles. The average Bonchev–Trinajstić information content (AvgIpc) is 2.98. The lowest BCUT2D eigenvalue weighted by molar-refractivity contribution is 0.336. The predicted molar refractivity (Wildman–Crippen MR) is 79.4 cm³/mol. The number of nitriles is 1. The van der Waals surface area contributed by atoms with Crippen molar-refractivity contribution in [3.63, 3.8) is 0 Å². The molecular formula is C14H16ClN3O2S. The van der Waals surface area contributed by atoms with Crippen LogP contribution in [0.5, 0.6) is 0 Å². The van der Waals surface area contributed by atoms with E-state index in [1.54, 1.807) is 4.31 Å². The van der Waals surface area contributed by atoms with E-state index in [-0.39, 0.29) is 22.0 Å². The first-order chi connectivity index (χ1) is 9.95. The third-order valence-corrected chi connectivity index (χ3v) is 6.85. The number of benzene rings is 1. The van der Waals surface area contributed by atoms with Crippen LogP contribution in [0.4, 0.5) is 0 Å². The molecule has 0 aromatic heterocycles. The van der Waals surface area contributed by atoms with Crippen LogP contribution in [-0.2, 0) is 10.0 Å². The van der Waals surface area contributed by atoms with Gasteiger partial charge in [-0.3, -0.25) is 0 Å². The van der Waals surface area contributed by atoms with E-state index in [9.17, 15) is 8.42 Å². The molecule has 1 N–H and O–H groups in total. The minimum Gasteiger partial charge on any atom is -0.315 e. The summed E-state index contributed by atoms with van der Waals surface area (Å²) in [7, 11) is -3.70. The molecule has 3 unspecified atom stereocenters. The van der Waals surface area contributed by atoms with Gasteiger partial charge in [0.15, 0.2) is 0 Å². The molecule has 2 heterocycles. The van der Waals surface area contributed by atoms with Gasteiger partial charge < -0.3 is 5.32 Å². The minimum atomic E-state index is -3.70. The Kier molecular flexibility index (Phi) is 3.70. The molecule has 2 fully saturated rings. The van der Waals surface area contributed by atoms with Crippen LogP contribution in [-0.4, -0.2) is 37.9 Å². The first-order valence-corrected chi connectivity index (χ1v) is 8.71. The van der Waals surface area contributed by atoms with Gasteiger partial charge in [0.1, 0.15) is 4.90 Å². The van der Waals surface area contributed by atoms with Gasteiger partial charge in [0.2, 0.25) is 10.0 Å². The molecule has 3 atom stereocenters. The van der Waals surface area contributed by atoms with Gasteiger partial charge in [0.25, 0.3) is 0 Å². The summed E-state index contributed by atoms with van der Waals surface area (Å²) in [4.78, 5) is 0.0302. The maximum Gasteiger partial charge on any atom is 0.245 e. The Morgan fingerprint density at radius 3 is 2.90 bits per heavy atom. The second-order valence-electron chi connectivity index (χ2n) is 5.66. The first-order valence-electron chi connectivity index (χ1n) is 6.89.